The van der Waals surface area contributed by atoms with E-state index in [1.807, 2.05) is 0 Å². The number of aromatic hydroxyl groups is 1. The molecule has 0 unspecified atom stereocenters. The summed E-state index contributed by atoms with van der Waals surface area (Å²) in [6, 6.07) is 6.18. The van der Waals surface area contributed by atoms with Crippen LogP contribution in [0.25, 0.3) is 0 Å². The Morgan fingerprint density at radius 2 is 2.11 bits per heavy atom. The summed E-state index contributed by atoms with van der Waals surface area (Å²) < 4.78 is 46.4. The van der Waals surface area contributed by atoms with Crippen LogP contribution in [0.3, 0.4) is 0 Å². The smallest absolute Gasteiger partial charge is 0.420 e. The molecule has 3 N–H and O–H groups in total. The number of benzene rings is 1. The molecule has 0 aliphatic rings. The zero-order valence-electron chi connectivity index (χ0n) is 13.7. The Bertz CT molecular complexity index is 1130. The van der Waals surface area contributed by atoms with E-state index in [2.05, 4.69) is 15.2 Å². The second kappa shape index (κ2) is 7.24. The third kappa shape index (κ3) is 4.07. The summed E-state index contributed by atoms with van der Waals surface area (Å²) >= 11 is 5.84. The minimum atomic E-state index is -4.83. The predicted molar refractivity (Wildman–Crippen MR) is 87.9 cm³/mol. The molecule has 0 amide bonds. The van der Waals surface area contributed by atoms with Crippen molar-refractivity contribution in [3.63, 3.8) is 0 Å². The fraction of sp³-hybridized carbons (Fsp3) is 0.125. The van der Waals surface area contributed by atoms with E-state index >= 15 is 0 Å². The van der Waals surface area contributed by atoms with Gasteiger partial charge in [-0.25, -0.2) is 9.89 Å². The minimum Gasteiger partial charge on any atom is -0.457 e. The number of aromatic nitrogens is 4. The molecule has 12 heteroatoms. The summed E-state index contributed by atoms with van der Waals surface area (Å²) in [4.78, 5) is 13.4. The molecule has 0 atom stereocenters. The molecular weight excluding hydrogens is 403 g/mol. The van der Waals surface area contributed by atoms with Gasteiger partial charge in [-0.05, 0) is 18.2 Å². The maximum atomic E-state index is 13.4. The monoisotopic (exact) mass is 412 g/mol. The lowest BCUT2D eigenvalue weighted by Gasteiger charge is -2.13. The number of nitrogens with zero attached hydrogens (tertiary/aromatic N) is 3. The zero-order chi connectivity index (χ0) is 20.5. The molecule has 0 spiro atoms. The highest BCUT2D eigenvalue weighted by Gasteiger charge is 2.39. The van der Waals surface area contributed by atoms with Crippen LogP contribution in [0.5, 0.6) is 17.4 Å². The van der Waals surface area contributed by atoms with Crippen LogP contribution in [-0.2, 0) is 12.7 Å². The number of pyridine rings is 1. The zero-order valence-corrected chi connectivity index (χ0v) is 14.5. The van der Waals surface area contributed by atoms with Gasteiger partial charge in [0.15, 0.2) is 12.0 Å². The van der Waals surface area contributed by atoms with Gasteiger partial charge in [0.2, 0.25) is 6.54 Å². The van der Waals surface area contributed by atoms with Crippen molar-refractivity contribution < 1.29 is 27.6 Å². The van der Waals surface area contributed by atoms with Gasteiger partial charge in [0, 0.05) is 11.1 Å². The van der Waals surface area contributed by atoms with Gasteiger partial charge in [-0.1, -0.05) is 11.6 Å². The van der Waals surface area contributed by atoms with Crippen LogP contribution in [0.1, 0.15) is 17.0 Å². The molecular formula is C16H10ClF3N5O3+. The Hall–Kier alpha value is -3.52. The van der Waals surface area contributed by atoms with Crippen LogP contribution in [-0.4, -0.2) is 20.3 Å². The van der Waals surface area contributed by atoms with E-state index < -0.39 is 29.1 Å². The quantitative estimate of drug-likeness (QED) is 0.569. The number of hydrogen-bond donors (Lipinski definition) is 3. The molecule has 0 bridgehead atoms. The highest BCUT2D eigenvalue weighted by atomic mass is 35.5. The summed E-state index contributed by atoms with van der Waals surface area (Å²) in [6.07, 6.45) is -3.86. The molecule has 0 aliphatic heterocycles. The van der Waals surface area contributed by atoms with Gasteiger partial charge in [0.25, 0.3) is 5.75 Å². The molecule has 144 valence electrons. The lowest BCUT2D eigenvalue weighted by molar-refractivity contribution is -0.695. The topological polar surface area (TPSA) is 119 Å². The van der Waals surface area contributed by atoms with Crippen LogP contribution < -0.4 is 15.0 Å². The molecule has 1 aromatic carbocycles. The number of aromatic amines is 2. The standard InChI is InChI=1S/C16H9ClF3N5O3/c17-9-3-8(6-21)4-10(5-9)28-13-11(16(18,19)20)1-2-25(14(13)26)7-12-22-15(27)24-23-12/h1-5H,7H2,(H2,22,23,24,27)/p+1. The molecule has 0 saturated heterocycles. The molecule has 0 radical (unpaired) electrons. The van der Waals surface area contributed by atoms with E-state index in [4.69, 9.17) is 21.6 Å². The summed E-state index contributed by atoms with van der Waals surface area (Å²) in [5.41, 5.74) is -1.79. The molecule has 0 fully saturated rings. The van der Waals surface area contributed by atoms with E-state index in [1.54, 1.807) is 6.07 Å². The van der Waals surface area contributed by atoms with Crippen LogP contribution in [0, 0.1) is 11.3 Å². The number of nitrogens with one attached hydrogen (secondary N) is 2. The largest absolute Gasteiger partial charge is 0.457 e. The van der Waals surface area contributed by atoms with Crippen molar-refractivity contribution >= 4 is 11.6 Å². The van der Waals surface area contributed by atoms with Crippen molar-refractivity contribution in [3.05, 3.63) is 62.9 Å². The highest BCUT2D eigenvalue weighted by molar-refractivity contribution is 6.30. The Balaban J connectivity index is 2.08. The summed E-state index contributed by atoms with van der Waals surface area (Å²) in [6.45, 7) is -0.238. The summed E-state index contributed by atoms with van der Waals surface area (Å²) in [7, 11) is 0. The van der Waals surface area contributed by atoms with E-state index in [0.717, 1.165) is 10.8 Å². The molecule has 3 rings (SSSR count). The van der Waals surface area contributed by atoms with Gasteiger partial charge in [0.1, 0.15) is 11.3 Å². The fourth-order valence-corrected chi connectivity index (χ4v) is 2.58. The second-order valence-electron chi connectivity index (χ2n) is 5.52. The van der Waals surface area contributed by atoms with Crippen LogP contribution in [0.4, 0.5) is 13.2 Å². The molecule has 2 aromatic heterocycles. The number of alkyl halides is 3. The number of ether oxygens (including phenoxy) is 1. The Kier molecular flexibility index (Phi) is 4.98. The third-order valence-corrected chi connectivity index (χ3v) is 3.76. The first-order valence-electron chi connectivity index (χ1n) is 7.52. The van der Waals surface area contributed by atoms with Crippen molar-refractivity contribution in [2.24, 2.45) is 0 Å². The lowest BCUT2D eigenvalue weighted by Crippen LogP contribution is -2.35. The van der Waals surface area contributed by atoms with Gasteiger partial charge < -0.3 is 9.84 Å². The molecule has 8 nitrogen and oxygen atoms in total. The minimum absolute atomic E-state index is 0.0634. The first-order chi connectivity index (χ1) is 13.2. The normalized spacial score (nSPS) is 11.2. The van der Waals surface area contributed by atoms with E-state index in [1.165, 1.54) is 18.2 Å². The molecule has 0 aliphatic carbocycles. The predicted octanol–water partition coefficient (Wildman–Crippen LogP) is 2.48. The summed E-state index contributed by atoms with van der Waals surface area (Å²) in [5.74, 6) is -1.85. The Labute approximate surface area is 159 Å². The first-order valence-corrected chi connectivity index (χ1v) is 7.90. The molecule has 28 heavy (non-hydrogen) atoms. The SMILES string of the molecule is N#Cc1cc(Cl)cc(Oc2c(C(F)(F)F)cc[n+](Cc3n[nH]c(=O)[nH]3)c2O)c1. The van der Waals surface area contributed by atoms with Crippen molar-refractivity contribution in [2.45, 2.75) is 12.7 Å². The number of nitriles is 1. The van der Waals surface area contributed by atoms with Crippen molar-refractivity contribution in [1.82, 2.24) is 15.2 Å². The van der Waals surface area contributed by atoms with Crippen LogP contribution in [0.15, 0.2) is 35.3 Å². The fourth-order valence-electron chi connectivity index (χ4n) is 2.36. The average Bonchev–Trinajstić information content (AvgIpc) is 3.01. The van der Waals surface area contributed by atoms with Gasteiger partial charge in [-0.15, -0.1) is 0 Å². The lowest BCUT2D eigenvalue weighted by atomic mass is 10.2. The van der Waals surface area contributed by atoms with Crippen LogP contribution in [0.2, 0.25) is 5.02 Å². The maximum Gasteiger partial charge on any atom is 0.420 e. The van der Waals surface area contributed by atoms with Gasteiger partial charge in [-0.3, -0.25) is 4.98 Å². The highest BCUT2D eigenvalue weighted by Crippen LogP contribution is 2.42. The second-order valence-corrected chi connectivity index (χ2v) is 5.96. The number of rotatable bonds is 4. The van der Waals surface area contributed by atoms with Crippen LogP contribution >= 0.6 is 11.6 Å². The Morgan fingerprint density at radius 3 is 2.71 bits per heavy atom. The van der Waals surface area contributed by atoms with Crippen molar-refractivity contribution in [3.8, 4) is 23.4 Å². The molecule has 0 saturated carbocycles. The number of hydrogen-bond acceptors (Lipinski definition) is 5. The number of H-pyrrole nitrogens is 2. The van der Waals surface area contributed by atoms with Crippen molar-refractivity contribution in [1.29, 1.82) is 5.26 Å². The molecule has 2 heterocycles. The van der Waals surface area contributed by atoms with Gasteiger partial charge in [0.05, 0.1) is 11.6 Å². The maximum absolute atomic E-state index is 13.4. The first kappa shape index (κ1) is 19.2. The number of halogens is 4. The van der Waals surface area contributed by atoms with E-state index in [0.29, 0.717) is 6.07 Å². The third-order valence-electron chi connectivity index (χ3n) is 3.54. The van der Waals surface area contributed by atoms with Gasteiger partial charge in [-0.2, -0.15) is 28.1 Å². The average molecular weight is 413 g/mol. The van der Waals surface area contributed by atoms with E-state index in [9.17, 15) is 23.1 Å². The van der Waals surface area contributed by atoms with Gasteiger partial charge >= 0.3 is 17.7 Å². The molecule has 3 aromatic rings. The van der Waals surface area contributed by atoms with E-state index in [-0.39, 0.29) is 28.7 Å². The van der Waals surface area contributed by atoms with Crippen molar-refractivity contribution in [2.75, 3.05) is 0 Å². The summed E-state index contributed by atoms with van der Waals surface area (Å²) in [5, 5.41) is 25.1. The Morgan fingerprint density at radius 1 is 1.36 bits per heavy atom.